The molecule has 0 fully saturated rings. The average Bonchev–Trinajstić information content (AvgIpc) is 1.50. The molecule has 0 heterocycles. The molecule has 0 rings (SSSR count). The molecular formula is HCdO2Sb. The van der Waals surface area contributed by atoms with Gasteiger partial charge in [0, 0.05) is 0 Å². The molecule has 0 amide bonds. The molecule has 0 saturated carbocycles. The summed E-state index contributed by atoms with van der Waals surface area (Å²) in [6.07, 6.45) is 0. The van der Waals surface area contributed by atoms with Crippen molar-refractivity contribution in [1.82, 2.24) is 0 Å². The maximum atomic E-state index is 8.42. The molecule has 0 aliphatic carbocycles. The monoisotopic (exact) mass is 268 g/mol. The summed E-state index contributed by atoms with van der Waals surface area (Å²) in [6.45, 7) is 0. The van der Waals surface area contributed by atoms with Crippen LogP contribution in [0.15, 0.2) is 0 Å². The van der Waals surface area contributed by atoms with E-state index in [1.54, 1.807) is 0 Å². The molecule has 20 valence electrons. The summed E-state index contributed by atoms with van der Waals surface area (Å²) in [6, 6.07) is 0. The van der Waals surface area contributed by atoms with Crippen LogP contribution in [0.2, 0.25) is 0 Å². The molecule has 0 spiro atoms. The zero-order chi connectivity index (χ0) is 4.00. The molecule has 0 saturated heterocycles. The third-order valence-electron chi connectivity index (χ3n) is 0. The van der Waals surface area contributed by atoms with Crippen LogP contribution < -0.4 is 0 Å². The normalized spacial score (nSPS) is 2.50. The zero-order valence-corrected chi connectivity index (χ0v) is 8.91. The van der Waals surface area contributed by atoms with Crippen molar-refractivity contribution in [2.45, 2.75) is 0 Å². The summed E-state index contributed by atoms with van der Waals surface area (Å²) in [7, 11) is 0. The Morgan fingerprint density at radius 1 is 1.25 bits per heavy atom. The molecule has 4 heteroatoms. The predicted octanol–water partition coefficient (Wildman–Crippen LogP) is -0.889. The van der Waals surface area contributed by atoms with E-state index in [0.29, 0.717) is 23.0 Å². The van der Waals surface area contributed by atoms with E-state index in [-0.39, 0.29) is 25.8 Å². The predicted molar refractivity (Wildman–Crippen MR) is 8.52 cm³/mol. The van der Waals surface area contributed by atoms with Gasteiger partial charge in [0.25, 0.3) is 0 Å². The first-order valence-electron chi connectivity index (χ1n) is 0.493. The minimum atomic E-state index is -0.1000. The fourth-order valence-corrected chi connectivity index (χ4v) is 0. The van der Waals surface area contributed by atoms with E-state index >= 15 is 0 Å². The van der Waals surface area contributed by atoms with E-state index in [9.17, 15) is 0 Å². The van der Waals surface area contributed by atoms with Gasteiger partial charge in [0.15, 0.2) is 0 Å². The Balaban J connectivity index is 0. The third kappa shape index (κ3) is 10.2. The Morgan fingerprint density at radius 2 is 1.25 bits per heavy atom. The molecule has 0 atom stereocenters. The third-order valence-corrected chi connectivity index (χ3v) is 0. The van der Waals surface area contributed by atoms with Gasteiger partial charge in [0.2, 0.25) is 0 Å². The van der Waals surface area contributed by atoms with Crippen LogP contribution in [0.4, 0.5) is 0 Å². The topological polar surface area (TPSA) is 34.1 Å². The molecule has 0 aliphatic rings. The van der Waals surface area contributed by atoms with Crippen molar-refractivity contribution in [3.8, 4) is 0 Å². The molecule has 0 aromatic carbocycles. The summed E-state index contributed by atoms with van der Waals surface area (Å²) in [4.78, 5) is 0. The summed E-state index contributed by atoms with van der Waals surface area (Å²) < 4.78 is 16.8. The van der Waals surface area contributed by atoms with E-state index in [2.05, 4.69) is 0 Å². The fraction of sp³-hybridized carbons (Fsp3) is 0. The zero-order valence-electron chi connectivity index (χ0n) is 2.02. The van der Waals surface area contributed by atoms with Gasteiger partial charge in [-0.1, -0.05) is 0 Å². The Kier molecular flexibility index (Phi) is 60.8. The summed E-state index contributed by atoms with van der Waals surface area (Å²) >= 11 is 0.200. The van der Waals surface area contributed by atoms with Crippen LogP contribution in [0.25, 0.3) is 0 Å². The average molecular weight is 267 g/mol. The summed E-state index contributed by atoms with van der Waals surface area (Å²) in [5.74, 6) is 0. The second-order valence-electron chi connectivity index (χ2n) is 0. The second kappa shape index (κ2) is 27.0. The minimum absolute atomic E-state index is 0.1000. The number of hydrogen-bond donors (Lipinski definition) is 0. The van der Waals surface area contributed by atoms with Crippen molar-refractivity contribution >= 4 is 23.0 Å². The van der Waals surface area contributed by atoms with Crippen molar-refractivity contribution in [3.63, 3.8) is 0 Å². The fourth-order valence-electron chi connectivity index (χ4n) is 0. The van der Waals surface area contributed by atoms with Gasteiger partial charge >= 0.3 is 54.5 Å². The molecule has 0 radical (unpaired) electrons. The van der Waals surface area contributed by atoms with Crippen molar-refractivity contribution in [2.75, 3.05) is 0 Å². The van der Waals surface area contributed by atoms with Gasteiger partial charge in [-0.3, -0.25) is 0 Å². The Morgan fingerprint density at radius 3 is 1.25 bits per heavy atom. The van der Waals surface area contributed by atoms with Crippen molar-refractivity contribution in [3.05, 3.63) is 0 Å². The molecule has 0 aliphatic heterocycles. The van der Waals surface area contributed by atoms with E-state index in [0.717, 1.165) is 0 Å². The van der Waals surface area contributed by atoms with Crippen LogP contribution >= 0.6 is 0 Å². The Labute approximate surface area is 54.0 Å². The van der Waals surface area contributed by atoms with E-state index in [4.69, 9.17) is 5.70 Å². The molecule has 0 bridgehead atoms. The Hall–Kier alpha value is 1.34. The van der Waals surface area contributed by atoms with Crippen molar-refractivity contribution in [1.29, 1.82) is 0 Å². The van der Waals surface area contributed by atoms with Crippen LogP contribution in [0, 0.1) is 0 Å². The van der Waals surface area contributed by atoms with Crippen molar-refractivity contribution in [2.24, 2.45) is 0 Å². The maximum absolute atomic E-state index is 8.42. The molecule has 0 aromatic heterocycles. The van der Waals surface area contributed by atoms with Crippen LogP contribution in [-0.4, -0.2) is 23.0 Å². The van der Waals surface area contributed by atoms with E-state index in [1.165, 1.54) is 0 Å². The molecule has 4 heavy (non-hydrogen) atoms. The first-order chi connectivity index (χ1) is 2.00. The first-order valence-corrected chi connectivity index (χ1v) is 3.31. The van der Waals surface area contributed by atoms with E-state index < -0.39 is 0 Å². The van der Waals surface area contributed by atoms with Gasteiger partial charge in [-0.05, 0) is 0 Å². The molecule has 0 aromatic rings. The SMILES string of the molecule is [O]=[Cd].[O]=[SbH]. The van der Waals surface area contributed by atoms with Crippen LogP contribution in [0.5, 0.6) is 0 Å². The molecule has 0 N–H and O–H groups in total. The molecule has 2 nitrogen and oxygen atoms in total. The Bertz CT molecular complexity index is 8.00. The van der Waals surface area contributed by atoms with Gasteiger partial charge in [0.05, 0.1) is 0 Å². The van der Waals surface area contributed by atoms with Gasteiger partial charge in [-0.15, -0.1) is 0 Å². The van der Waals surface area contributed by atoms with Gasteiger partial charge in [-0.25, -0.2) is 0 Å². The number of rotatable bonds is 0. The molecule has 0 unspecified atom stereocenters. The summed E-state index contributed by atoms with van der Waals surface area (Å²) in [5, 5.41) is 0. The number of hydrogen-bond acceptors (Lipinski definition) is 2. The summed E-state index contributed by atoms with van der Waals surface area (Å²) in [5.41, 5.74) is 0. The quantitative estimate of drug-likeness (QED) is 0.534. The van der Waals surface area contributed by atoms with Crippen molar-refractivity contribution < 1.29 is 31.5 Å². The van der Waals surface area contributed by atoms with Crippen LogP contribution in [0.3, 0.4) is 0 Å². The first kappa shape index (κ1) is 9.02. The van der Waals surface area contributed by atoms with E-state index in [1.807, 2.05) is 0 Å². The van der Waals surface area contributed by atoms with Crippen LogP contribution in [0.1, 0.15) is 0 Å². The van der Waals surface area contributed by atoms with Gasteiger partial charge in [-0.2, -0.15) is 0 Å². The second-order valence-corrected chi connectivity index (χ2v) is 0. The van der Waals surface area contributed by atoms with Gasteiger partial charge < -0.3 is 0 Å². The molecular weight excluding hydrogens is 266 g/mol. The van der Waals surface area contributed by atoms with Crippen LogP contribution in [-0.2, 0) is 31.5 Å². The standard InChI is InChI=1S/Cd.2O.Sb.H. The van der Waals surface area contributed by atoms with Gasteiger partial charge in [0.1, 0.15) is 0 Å².